The van der Waals surface area contributed by atoms with Crippen LogP contribution < -0.4 is 15.8 Å². The predicted molar refractivity (Wildman–Crippen MR) is 73.1 cm³/mol. The molecule has 2 atom stereocenters. The van der Waals surface area contributed by atoms with Crippen LogP contribution in [0.1, 0.15) is 17.2 Å². The summed E-state index contributed by atoms with van der Waals surface area (Å²) in [5.41, 5.74) is 8.71. The van der Waals surface area contributed by atoms with Crippen molar-refractivity contribution in [1.29, 1.82) is 0 Å². The van der Waals surface area contributed by atoms with Crippen LogP contribution in [0.3, 0.4) is 0 Å². The van der Waals surface area contributed by atoms with Crippen LogP contribution in [-0.4, -0.2) is 23.1 Å². The number of nitrogens with one attached hydrogen (secondary N) is 1. The fourth-order valence-corrected chi connectivity index (χ4v) is 2.48. The van der Waals surface area contributed by atoms with Crippen LogP contribution >= 0.6 is 0 Å². The maximum Gasteiger partial charge on any atom is 0.226 e. The van der Waals surface area contributed by atoms with Gasteiger partial charge in [0, 0.05) is 18.3 Å². The molecule has 1 heterocycles. The molecule has 1 aromatic carbocycles. The van der Waals surface area contributed by atoms with Gasteiger partial charge in [-0.1, -0.05) is 24.3 Å². The van der Waals surface area contributed by atoms with Crippen molar-refractivity contribution in [2.45, 2.75) is 18.5 Å². The van der Waals surface area contributed by atoms with Crippen molar-refractivity contribution in [2.24, 2.45) is 5.73 Å². The van der Waals surface area contributed by atoms with E-state index in [9.17, 15) is 0 Å². The quantitative estimate of drug-likeness (QED) is 0.871. The maximum absolute atomic E-state index is 6.20. The zero-order valence-electron chi connectivity index (χ0n) is 10.7. The van der Waals surface area contributed by atoms with Gasteiger partial charge < -0.3 is 15.8 Å². The summed E-state index contributed by atoms with van der Waals surface area (Å²) in [4.78, 5) is 8.46. The molecule has 0 saturated carbocycles. The van der Waals surface area contributed by atoms with Gasteiger partial charge in [-0.25, -0.2) is 4.98 Å². The second-order valence-electron chi connectivity index (χ2n) is 4.61. The minimum Gasteiger partial charge on any atom is -0.481 e. The fourth-order valence-electron chi connectivity index (χ4n) is 2.48. The van der Waals surface area contributed by atoms with Gasteiger partial charge >= 0.3 is 0 Å². The lowest BCUT2D eigenvalue weighted by molar-refractivity contribution is 0.397. The Bertz CT molecular complexity index is 587. The molecule has 0 radical (unpaired) electrons. The maximum atomic E-state index is 6.20. The Morgan fingerprint density at radius 1 is 1.32 bits per heavy atom. The van der Waals surface area contributed by atoms with Gasteiger partial charge in [0.1, 0.15) is 0 Å². The van der Waals surface area contributed by atoms with E-state index in [2.05, 4.69) is 27.4 Å². The number of methoxy groups -OCH3 is 1. The Hall–Kier alpha value is -2.14. The van der Waals surface area contributed by atoms with Gasteiger partial charge in [-0.2, -0.15) is 4.98 Å². The largest absolute Gasteiger partial charge is 0.481 e. The first-order chi connectivity index (χ1) is 9.28. The molecule has 0 spiro atoms. The Labute approximate surface area is 111 Å². The summed E-state index contributed by atoms with van der Waals surface area (Å²) in [6.45, 7) is 0. The molecule has 0 aliphatic heterocycles. The summed E-state index contributed by atoms with van der Waals surface area (Å²) in [6, 6.07) is 10.1. The molecular weight excluding hydrogens is 240 g/mol. The van der Waals surface area contributed by atoms with E-state index in [0.29, 0.717) is 11.8 Å². The number of hydrogen-bond donors (Lipinski definition) is 2. The van der Waals surface area contributed by atoms with Crippen LogP contribution in [0.4, 0.5) is 5.95 Å². The van der Waals surface area contributed by atoms with Gasteiger partial charge in [0.15, 0.2) is 0 Å². The van der Waals surface area contributed by atoms with E-state index < -0.39 is 0 Å². The Morgan fingerprint density at radius 2 is 2.16 bits per heavy atom. The molecule has 98 valence electrons. The average Bonchev–Trinajstić information content (AvgIpc) is 2.76. The van der Waals surface area contributed by atoms with Crippen LogP contribution in [-0.2, 0) is 6.42 Å². The van der Waals surface area contributed by atoms with Gasteiger partial charge in [-0.15, -0.1) is 0 Å². The predicted octanol–water partition coefficient (Wildman–Crippen LogP) is 1.52. The van der Waals surface area contributed by atoms with E-state index in [1.807, 2.05) is 12.1 Å². The molecule has 0 bridgehead atoms. The first kappa shape index (κ1) is 11.9. The number of fused-ring (bicyclic) bond motifs is 1. The SMILES string of the molecule is COc1ccnc(NC2c3ccccc3CC2N)n1. The van der Waals surface area contributed by atoms with E-state index in [1.54, 1.807) is 19.4 Å². The normalized spacial score (nSPS) is 20.9. The lowest BCUT2D eigenvalue weighted by Crippen LogP contribution is -2.30. The molecule has 1 aliphatic carbocycles. The number of anilines is 1. The highest BCUT2D eigenvalue weighted by Gasteiger charge is 2.29. The zero-order valence-corrected chi connectivity index (χ0v) is 10.7. The second-order valence-corrected chi connectivity index (χ2v) is 4.61. The third-order valence-electron chi connectivity index (χ3n) is 3.40. The van der Waals surface area contributed by atoms with Gasteiger partial charge in [0.05, 0.1) is 13.2 Å². The van der Waals surface area contributed by atoms with Crippen LogP contribution in [0.5, 0.6) is 5.88 Å². The number of hydrogen-bond acceptors (Lipinski definition) is 5. The van der Waals surface area contributed by atoms with Crippen molar-refractivity contribution in [1.82, 2.24) is 9.97 Å². The molecule has 5 heteroatoms. The van der Waals surface area contributed by atoms with Crippen molar-refractivity contribution < 1.29 is 4.74 Å². The number of nitrogens with zero attached hydrogens (tertiary/aromatic N) is 2. The van der Waals surface area contributed by atoms with E-state index in [4.69, 9.17) is 10.5 Å². The summed E-state index contributed by atoms with van der Waals surface area (Å²) >= 11 is 0. The average molecular weight is 256 g/mol. The first-order valence-electron chi connectivity index (χ1n) is 6.25. The molecule has 1 aromatic heterocycles. The summed E-state index contributed by atoms with van der Waals surface area (Å²) in [6.07, 6.45) is 2.54. The number of benzene rings is 1. The third-order valence-corrected chi connectivity index (χ3v) is 3.40. The molecule has 5 nitrogen and oxygen atoms in total. The number of aromatic nitrogens is 2. The number of rotatable bonds is 3. The van der Waals surface area contributed by atoms with Gasteiger partial charge in [0.2, 0.25) is 11.8 Å². The molecule has 2 aromatic rings. The minimum absolute atomic E-state index is 0.0344. The lowest BCUT2D eigenvalue weighted by Gasteiger charge is -2.18. The van der Waals surface area contributed by atoms with E-state index >= 15 is 0 Å². The summed E-state index contributed by atoms with van der Waals surface area (Å²) in [7, 11) is 1.59. The molecule has 0 amide bonds. The van der Waals surface area contributed by atoms with Crippen molar-refractivity contribution in [3.8, 4) is 5.88 Å². The highest BCUT2D eigenvalue weighted by molar-refractivity contribution is 5.43. The van der Waals surface area contributed by atoms with Gasteiger partial charge in [-0.3, -0.25) is 0 Å². The van der Waals surface area contributed by atoms with Crippen LogP contribution in [0.2, 0.25) is 0 Å². The molecular formula is C14H16N4O. The minimum atomic E-state index is 0.0344. The topological polar surface area (TPSA) is 73.1 Å². The monoisotopic (exact) mass is 256 g/mol. The van der Waals surface area contributed by atoms with Crippen molar-refractivity contribution >= 4 is 5.95 Å². The number of nitrogens with two attached hydrogens (primary N) is 1. The molecule has 2 unspecified atom stereocenters. The molecule has 1 aliphatic rings. The summed E-state index contributed by atoms with van der Waals surface area (Å²) in [5, 5.41) is 3.29. The Kier molecular flexibility index (Phi) is 3.05. The molecule has 3 N–H and O–H groups in total. The van der Waals surface area contributed by atoms with E-state index in [-0.39, 0.29) is 12.1 Å². The van der Waals surface area contributed by atoms with E-state index in [0.717, 1.165) is 6.42 Å². The lowest BCUT2D eigenvalue weighted by atomic mass is 10.1. The molecule has 0 fully saturated rings. The fraction of sp³-hybridized carbons (Fsp3) is 0.286. The van der Waals surface area contributed by atoms with Crippen LogP contribution in [0.15, 0.2) is 36.5 Å². The standard InChI is InChI=1S/C14H16N4O/c1-19-12-6-7-16-14(17-12)18-13-10-5-3-2-4-9(10)8-11(13)15/h2-7,11,13H,8,15H2,1H3,(H,16,17,18). The Morgan fingerprint density at radius 3 is 3.00 bits per heavy atom. The summed E-state index contributed by atoms with van der Waals surface area (Å²) < 4.78 is 5.09. The zero-order chi connectivity index (χ0) is 13.2. The van der Waals surface area contributed by atoms with Gasteiger partial charge in [0.25, 0.3) is 0 Å². The van der Waals surface area contributed by atoms with Crippen LogP contribution in [0.25, 0.3) is 0 Å². The van der Waals surface area contributed by atoms with Crippen molar-refractivity contribution in [3.63, 3.8) is 0 Å². The van der Waals surface area contributed by atoms with Crippen molar-refractivity contribution in [3.05, 3.63) is 47.7 Å². The summed E-state index contributed by atoms with van der Waals surface area (Å²) in [5.74, 6) is 1.08. The van der Waals surface area contributed by atoms with E-state index in [1.165, 1.54) is 11.1 Å². The Balaban J connectivity index is 1.87. The number of ether oxygens (including phenoxy) is 1. The second kappa shape index (κ2) is 4.85. The molecule has 19 heavy (non-hydrogen) atoms. The molecule has 3 rings (SSSR count). The third kappa shape index (κ3) is 2.24. The first-order valence-corrected chi connectivity index (χ1v) is 6.25. The molecule has 0 saturated heterocycles. The van der Waals surface area contributed by atoms with Crippen LogP contribution in [0, 0.1) is 0 Å². The highest BCUT2D eigenvalue weighted by Crippen LogP contribution is 2.32. The van der Waals surface area contributed by atoms with Gasteiger partial charge in [-0.05, 0) is 17.5 Å². The highest BCUT2D eigenvalue weighted by atomic mass is 16.5. The smallest absolute Gasteiger partial charge is 0.226 e. The van der Waals surface area contributed by atoms with Crippen molar-refractivity contribution in [2.75, 3.05) is 12.4 Å².